The predicted octanol–water partition coefficient (Wildman–Crippen LogP) is 4.36. The molecule has 0 aliphatic carbocycles. The zero-order valence-corrected chi connectivity index (χ0v) is 15.9. The summed E-state index contributed by atoms with van der Waals surface area (Å²) in [5.74, 6) is -0.558. The Morgan fingerprint density at radius 2 is 1.68 bits per heavy atom. The van der Waals surface area contributed by atoms with E-state index in [1.807, 2.05) is 69.3 Å². The van der Waals surface area contributed by atoms with Gasteiger partial charge >= 0.3 is 0 Å². The summed E-state index contributed by atoms with van der Waals surface area (Å²) in [5, 5.41) is 3.15. The molecule has 128 valence electrons. The van der Waals surface area contributed by atoms with Crippen molar-refractivity contribution >= 4 is 39.0 Å². The van der Waals surface area contributed by atoms with Crippen molar-refractivity contribution in [3.63, 3.8) is 0 Å². The van der Waals surface area contributed by atoms with E-state index in [9.17, 15) is 9.59 Å². The van der Waals surface area contributed by atoms with Gasteiger partial charge in [-0.25, -0.2) is 0 Å². The number of rotatable bonds is 4. The second-order valence-corrected chi connectivity index (χ2v) is 7.24. The summed E-state index contributed by atoms with van der Waals surface area (Å²) in [6, 6.07) is 14.9. The standard InChI is InChI=1S/C20H19BrN2O2/c1-12(2)23-19(24)17(14-9-7-13(3)8-10-14)18(20(23)25)22-16-6-4-5-15(21)11-16/h4-12,22H,1-3H3. The first kappa shape index (κ1) is 17.4. The number of carbonyl (C=O) groups is 2. The van der Waals surface area contributed by atoms with Gasteiger partial charge in [0.25, 0.3) is 11.8 Å². The monoisotopic (exact) mass is 398 g/mol. The molecule has 5 heteroatoms. The Balaban J connectivity index is 2.10. The molecule has 1 heterocycles. The van der Waals surface area contributed by atoms with Gasteiger partial charge in [0, 0.05) is 16.2 Å². The lowest BCUT2D eigenvalue weighted by Gasteiger charge is -2.19. The average molecular weight is 399 g/mol. The first-order chi connectivity index (χ1) is 11.9. The smallest absolute Gasteiger partial charge is 0.278 e. The van der Waals surface area contributed by atoms with Crippen LogP contribution in [0.5, 0.6) is 0 Å². The van der Waals surface area contributed by atoms with Gasteiger partial charge in [-0.2, -0.15) is 0 Å². The Bertz CT molecular complexity index is 870. The molecule has 1 N–H and O–H groups in total. The number of hydrogen-bond donors (Lipinski definition) is 1. The van der Waals surface area contributed by atoms with Gasteiger partial charge in [-0.15, -0.1) is 0 Å². The largest absolute Gasteiger partial charge is 0.350 e. The van der Waals surface area contributed by atoms with Crippen LogP contribution in [0.3, 0.4) is 0 Å². The Hall–Kier alpha value is -2.40. The second kappa shape index (κ2) is 6.84. The van der Waals surface area contributed by atoms with Crippen molar-refractivity contribution in [2.45, 2.75) is 26.8 Å². The van der Waals surface area contributed by atoms with E-state index >= 15 is 0 Å². The van der Waals surface area contributed by atoms with Crippen LogP contribution in [0.2, 0.25) is 0 Å². The second-order valence-electron chi connectivity index (χ2n) is 6.33. The highest BCUT2D eigenvalue weighted by Crippen LogP contribution is 2.32. The number of benzene rings is 2. The summed E-state index contributed by atoms with van der Waals surface area (Å²) < 4.78 is 0.896. The summed E-state index contributed by atoms with van der Waals surface area (Å²) in [5.41, 5.74) is 3.33. The molecule has 1 aliphatic heterocycles. The molecule has 0 saturated heterocycles. The maximum absolute atomic E-state index is 12.9. The zero-order valence-electron chi connectivity index (χ0n) is 14.3. The highest BCUT2D eigenvalue weighted by atomic mass is 79.9. The molecule has 0 unspecified atom stereocenters. The number of halogens is 1. The Morgan fingerprint density at radius 3 is 2.28 bits per heavy atom. The van der Waals surface area contributed by atoms with Gasteiger partial charge in [-0.05, 0) is 44.5 Å². The summed E-state index contributed by atoms with van der Waals surface area (Å²) in [6.45, 7) is 5.66. The van der Waals surface area contributed by atoms with Crippen LogP contribution in [0, 0.1) is 6.92 Å². The van der Waals surface area contributed by atoms with Gasteiger partial charge in [-0.1, -0.05) is 51.8 Å². The molecule has 3 rings (SSSR count). The molecule has 0 spiro atoms. The third-order valence-corrected chi connectivity index (χ3v) is 4.56. The number of nitrogens with one attached hydrogen (secondary N) is 1. The minimum absolute atomic E-state index is 0.206. The van der Waals surface area contributed by atoms with E-state index in [4.69, 9.17) is 0 Å². The number of carbonyl (C=O) groups excluding carboxylic acids is 2. The third kappa shape index (κ3) is 3.37. The normalized spacial score (nSPS) is 14.7. The van der Waals surface area contributed by atoms with E-state index in [2.05, 4.69) is 21.2 Å². The average Bonchev–Trinajstić information content (AvgIpc) is 2.79. The third-order valence-electron chi connectivity index (χ3n) is 4.07. The highest BCUT2D eigenvalue weighted by molar-refractivity contribution is 9.10. The number of hydrogen-bond acceptors (Lipinski definition) is 3. The molecule has 25 heavy (non-hydrogen) atoms. The summed E-state index contributed by atoms with van der Waals surface area (Å²) in [6.07, 6.45) is 0. The van der Waals surface area contributed by atoms with Crippen molar-refractivity contribution in [2.75, 3.05) is 5.32 Å². The summed E-state index contributed by atoms with van der Waals surface area (Å²) in [7, 11) is 0. The van der Waals surface area contributed by atoms with Gasteiger partial charge in [-0.3, -0.25) is 14.5 Å². The minimum atomic E-state index is -0.296. The topological polar surface area (TPSA) is 49.4 Å². The molecule has 0 radical (unpaired) electrons. The van der Waals surface area contributed by atoms with Crippen molar-refractivity contribution in [3.8, 4) is 0 Å². The van der Waals surface area contributed by atoms with E-state index in [0.29, 0.717) is 11.3 Å². The van der Waals surface area contributed by atoms with Crippen molar-refractivity contribution in [1.29, 1.82) is 0 Å². The number of amides is 2. The SMILES string of the molecule is Cc1ccc(C2=C(Nc3cccc(Br)c3)C(=O)N(C(C)C)C2=O)cc1. The number of aryl methyl sites for hydroxylation is 1. The van der Waals surface area contributed by atoms with E-state index in [-0.39, 0.29) is 17.9 Å². The molecule has 0 bridgehead atoms. The molecule has 0 fully saturated rings. The van der Waals surface area contributed by atoms with Gasteiger partial charge in [0.15, 0.2) is 0 Å². The lowest BCUT2D eigenvalue weighted by Crippen LogP contribution is -2.38. The fourth-order valence-electron chi connectivity index (χ4n) is 2.83. The van der Waals surface area contributed by atoms with Crippen molar-refractivity contribution in [1.82, 2.24) is 4.90 Å². The van der Waals surface area contributed by atoms with Gasteiger partial charge < -0.3 is 5.32 Å². The molecular formula is C20H19BrN2O2. The Morgan fingerprint density at radius 1 is 1.00 bits per heavy atom. The molecule has 2 amide bonds. The fourth-order valence-corrected chi connectivity index (χ4v) is 3.23. The van der Waals surface area contributed by atoms with E-state index in [1.54, 1.807) is 0 Å². The maximum atomic E-state index is 12.9. The molecule has 0 saturated carbocycles. The van der Waals surface area contributed by atoms with Crippen LogP contribution in [0.1, 0.15) is 25.0 Å². The van der Waals surface area contributed by atoms with E-state index in [1.165, 1.54) is 4.90 Å². The molecule has 4 nitrogen and oxygen atoms in total. The molecule has 0 aromatic heterocycles. The van der Waals surface area contributed by atoms with Crippen LogP contribution in [0.4, 0.5) is 5.69 Å². The lowest BCUT2D eigenvalue weighted by molar-refractivity contribution is -0.138. The summed E-state index contributed by atoms with van der Waals surface area (Å²) >= 11 is 3.42. The molecular weight excluding hydrogens is 380 g/mol. The minimum Gasteiger partial charge on any atom is -0.350 e. The maximum Gasteiger partial charge on any atom is 0.278 e. The first-order valence-electron chi connectivity index (χ1n) is 8.10. The fraction of sp³-hybridized carbons (Fsp3) is 0.200. The Labute approximate surface area is 155 Å². The predicted molar refractivity (Wildman–Crippen MR) is 103 cm³/mol. The van der Waals surface area contributed by atoms with Crippen LogP contribution < -0.4 is 5.32 Å². The van der Waals surface area contributed by atoms with E-state index in [0.717, 1.165) is 21.3 Å². The van der Waals surface area contributed by atoms with Crippen LogP contribution in [0.15, 0.2) is 58.7 Å². The summed E-state index contributed by atoms with van der Waals surface area (Å²) in [4.78, 5) is 27.1. The number of imide groups is 1. The zero-order chi connectivity index (χ0) is 18.1. The van der Waals surface area contributed by atoms with Crippen LogP contribution in [0.25, 0.3) is 5.57 Å². The van der Waals surface area contributed by atoms with Gasteiger partial charge in [0.1, 0.15) is 5.70 Å². The highest BCUT2D eigenvalue weighted by Gasteiger charge is 2.40. The van der Waals surface area contributed by atoms with Crippen LogP contribution in [-0.4, -0.2) is 22.8 Å². The van der Waals surface area contributed by atoms with E-state index < -0.39 is 0 Å². The number of anilines is 1. The van der Waals surface area contributed by atoms with Crippen molar-refractivity contribution < 1.29 is 9.59 Å². The molecule has 2 aromatic rings. The van der Waals surface area contributed by atoms with Crippen LogP contribution in [-0.2, 0) is 9.59 Å². The quantitative estimate of drug-likeness (QED) is 0.778. The van der Waals surface area contributed by atoms with Crippen LogP contribution >= 0.6 is 15.9 Å². The molecule has 2 aromatic carbocycles. The molecule has 1 aliphatic rings. The lowest BCUT2D eigenvalue weighted by atomic mass is 10.0. The van der Waals surface area contributed by atoms with Crippen molar-refractivity contribution in [3.05, 3.63) is 69.8 Å². The first-order valence-corrected chi connectivity index (χ1v) is 8.89. The number of nitrogens with zero attached hydrogens (tertiary/aromatic N) is 1. The molecule has 0 atom stereocenters. The van der Waals surface area contributed by atoms with Crippen molar-refractivity contribution in [2.24, 2.45) is 0 Å². The van der Waals surface area contributed by atoms with Gasteiger partial charge in [0.2, 0.25) is 0 Å². The Kier molecular flexibility index (Phi) is 4.77. The van der Waals surface area contributed by atoms with Gasteiger partial charge in [0.05, 0.1) is 5.57 Å².